The van der Waals surface area contributed by atoms with Crippen molar-refractivity contribution in [2.45, 2.75) is 18.9 Å². The van der Waals surface area contributed by atoms with Crippen molar-refractivity contribution in [2.24, 2.45) is 0 Å². The molecule has 3 rings (SSSR count). The van der Waals surface area contributed by atoms with Gasteiger partial charge < -0.3 is 10.2 Å². The largest absolute Gasteiger partial charge is 0.352 e. The Balaban J connectivity index is 1.64. The smallest absolute Gasteiger partial charge is 0.325 e. The number of carbonyl (C=O) groups excluding carboxylic acids is 2. The molecule has 112 valence electrons. The van der Waals surface area contributed by atoms with Crippen LogP contribution in [-0.2, 0) is 4.79 Å². The molecule has 2 fully saturated rings. The Hall–Kier alpha value is -2.18. The molecule has 1 aliphatic heterocycles. The lowest BCUT2D eigenvalue weighted by Gasteiger charge is -2.18. The van der Waals surface area contributed by atoms with Gasteiger partial charge in [-0.05, 0) is 25.0 Å². The second-order valence-electron chi connectivity index (χ2n) is 5.30. The van der Waals surface area contributed by atoms with Gasteiger partial charge in [0.05, 0.1) is 0 Å². The van der Waals surface area contributed by atoms with Crippen molar-refractivity contribution in [1.29, 1.82) is 0 Å². The summed E-state index contributed by atoms with van der Waals surface area (Å²) in [6.45, 7) is 0.728. The number of nitrogens with zero attached hydrogens (tertiary/aromatic N) is 2. The molecule has 3 amide bonds. The Labute approximate surface area is 120 Å². The number of carbonyl (C=O) groups is 2. The molecule has 0 bridgehead atoms. The molecule has 5 nitrogen and oxygen atoms in total. The van der Waals surface area contributed by atoms with Gasteiger partial charge in [-0.1, -0.05) is 0 Å². The number of hydrogen-bond donors (Lipinski definition) is 1. The number of urea groups is 1. The third kappa shape index (κ3) is 2.96. The summed E-state index contributed by atoms with van der Waals surface area (Å²) in [5.41, 5.74) is 0.295. The highest BCUT2D eigenvalue weighted by Crippen LogP contribution is 2.23. The summed E-state index contributed by atoms with van der Waals surface area (Å²) < 4.78 is 26.1. The zero-order valence-electron chi connectivity index (χ0n) is 11.3. The van der Waals surface area contributed by atoms with E-state index in [1.165, 1.54) is 15.9 Å². The van der Waals surface area contributed by atoms with E-state index in [2.05, 4.69) is 5.32 Å². The van der Waals surface area contributed by atoms with Crippen molar-refractivity contribution in [2.75, 3.05) is 24.5 Å². The van der Waals surface area contributed by atoms with Gasteiger partial charge in [-0.25, -0.2) is 13.6 Å². The average Bonchev–Trinajstić information content (AvgIpc) is 3.18. The Morgan fingerprint density at radius 1 is 1.24 bits per heavy atom. The number of hydrogen-bond acceptors (Lipinski definition) is 2. The topological polar surface area (TPSA) is 52.7 Å². The third-order valence-electron chi connectivity index (χ3n) is 3.59. The molecule has 0 atom stereocenters. The van der Waals surface area contributed by atoms with Crippen molar-refractivity contribution in [3.05, 3.63) is 29.8 Å². The molecule has 0 radical (unpaired) electrons. The van der Waals surface area contributed by atoms with Crippen LogP contribution in [0.5, 0.6) is 0 Å². The highest BCUT2D eigenvalue weighted by molar-refractivity contribution is 5.96. The second-order valence-corrected chi connectivity index (χ2v) is 5.30. The summed E-state index contributed by atoms with van der Waals surface area (Å²) in [5, 5.41) is 2.81. The third-order valence-corrected chi connectivity index (χ3v) is 3.59. The summed E-state index contributed by atoms with van der Waals surface area (Å²) in [6, 6.07) is 3.20. The molecule has 0 aromatic heterocycles. The van der Waals surface area contributed by atoms with E-state index < -0.39 is 11.6 Å². The maximum Gasteiger partial charge on any atom is 0.325 e. The molecule has 1 N–H and O–H groups in total. The molecule has 1 heterocycles. The van der Waals surface area contributed by atoms with E-state index in [-0.39, 0.29) is 24.5 Å². The fraction of sp³-hybridized carbons (Fsp3) is 0.429. The van der Waals surface area contributed by atoms with Gasteiger partial charge in [0, 0.05) is 30.9 Å². The van der Waals surface area contributed by atoms with Crippen LogP contribution in [0.25, 0.3) is 0 Å². The van der Waals surface area contributed by atoms with E-state index in [1.807, 2.05) is 0 Å². The van der Waals surface area contributed by atoms with Gasteiger partial charge in [0.1, 0.15) is 6.54 Å². The first-order chi connectivity index (χ1) is 10.0. The first-order valence-electron chi connectivity index (χ1n) is 6.85. The quantitative estimate of drug-likeness (QED) is 0.915. The van der Waals surface area contributed by atoms with Crippen molar-refractivity contribution >= 4 is 17.6 Å². The van der Waals surface area contributed by atoms with E-state index in [1.54, 1.807) is 0 Å². The molecule has 7 heteroatoms. The number of nitrogens with one attached hydrogen (secondary N) is 1. The summed E-state index contributed by atoms with van der Waals surface area (Å²) in [7, 11) is 0. The zero-order chi connectivity index (χ0) is 15.0. The summed E-state index contributed by atoms with van der Waals surface area (Å²) in [4.78, 5) is 26.6. The van der Waals surface area contributed by atoms with Gasteiger partial charge in [0.25, 0.3) is 0 Å². The van der Waals surface area contributed by atoms with Crippen LogP contribution in [0.4, 0.5) is 19.3 Å². The number of halogens is 2. The van der Waals surface area contributed by atoms with Crippen LogP contribution >= 0.6 is 0 Å². The standard InChI is InChI=1S/C14H15F2N3O2/c15-11-4-3-10(7-12(11)16)19-6-5-18(14(19)21)8-13(20)17-9-1-2-9/h3-4,7,9H,1-2,5-6,8H2,(H,17,20). The summed E-state index contributed by atoms with van der Waals surface area (Å²) in [5.74, 6) is -2.13. The number of anilines is 1. The lowest BCUT2D eigenvalue weighted by Crippen LogP contribution is -2.40. The van der Waals surface area contributed by atoms with Crippen LogP contribution in [0.15, 0.2) is 18.2 Å². The number of rotatable bonds is 4. The Morgan fingerprint density at radius 3 is 2.67 bits per heavy atom. The van der Waals surface area contributed by atoms with E-state index in [4.69, 9.17) is 0 Å². The highest BCUT2D eigenvalue weighted by Gasteiger charge is 2.32. The van der Waals surface area contributed by atoms with Crippen molar-refractivity contribution in [1.82, 2.24) is 10.2 Å². The van der Waals surface area contributed by atoms with Gasteiger partial charge in [-0.15, -0.1) is 0 Å². The van der Waals surface area contributed by atoms with Gasteiger partial charge in [0.2, 0.25) is 5.91 Å². The molecule has 1 saturated heterocycles. The van der Waals surface area contributed by atoms with E-state index in [9.17, 15) is 18.4 Å². The molecule has 1 aliphatic carbocycles. The minimum Gasteiger partial charge on any atom is -0.352 e. The van der Waals surface area contributed by atoms with Crippen LogP contribution in [0.3, 0.4) is 0 Å². The first-order valence-corrected chi connectivity index (χ1v) is 6.85. The van der Waals surface area contributed by atoms with Crippen LogP contribution < -0.4 is 10.2 Å². The SMILES string of the molecule is O=C(CN1CCN(c2ccc(F)c(F)c2)C1=O)NC1CC1. The molecule has 1 aromatic rings. The highest BCUT2D eigenvalue weighted by atomic mass is 19.2. The summed E-state index contributed by atoms with van der Waals surface area (Å²) >= 11 is 0. The predicted molar refractivity (Wildman–Crippen MR) is 71.8 cm³/mol. The lowest BCUT2D eigenvalue weighted by molar-refractivity contribution is -0.121. The fourth-order valence-corrected chi connectivity index (χ4v) is 2.30. The monoisotopic (exact) mass is 295 g/mol. The molecule has 2 aliphatic rings. The van der Waals surface area contributed by atoms with Gasteiger partial charge in [0.15, 0.2) is 11.6 Å². The van der Waals surface area contributed by atoms with Crippen molar-refractivity contribution in [3.63, 3.8) is 0 Å². The Bertz CT molecular complexity index is 590. The second kappa shape index (κ2) is 5.31. The van der Waals surface area contributed by atoms with E-state index >= 15 is 0 Å². The molecular weight excluding hydrogens is 280 g/mol. The molecular formula is C14H15F2N3O2. The molecule has 21 heavy (non-hydrogen) atoms. The van der Waals surface area contributed by atoms with Crippen molar-refractivity contribution < 1.29 is 18.4 Å². The number of amides is 3. The average molecular weight is 295 g/mol. The van der Waals surface area contributed by atoms with Gasteiger partial charge in [-0.2, -0.15) is 0 Å². The molecule has 1 saturated carbocycles. The van der Waals surface area contributed by atoms with Crippen LogP contribution in [0.1, 0.15) is 12.8 Å². The number of benzene rings is 1. The summed E-state index contributed by atoms with van der Waals surface area (Å²) in [6.07, 6.45) is 1.97. The first kappa shape index (κ1) is 13.8. The van der Waals surface area contributed by atoms with Crippen LogP contribution in [-0.4, -0.2) is 42.5 Å². The van der Waals surface area contributed by atoms with E-state index in [0.29, 0.717) is 18.8 Å². The maximum absolute atomic E-state index is 13.2. The Morgan fingerprint density at radius 2 is 2.00 bits per heavy atom. The normalized spacial score (nSPS) is 18.3. The van der Waals surface area contributed by atoms with Crippen molar-refractivity contribution in [3.8, 4) is 0 Å². The fourth-order valence-electron chi connectivity index (χ4n) is 2.30. The zero-order valence-corrected chi connectivity index (χ0v) is 11.3. The van der Waals surface area contributed by atoms with Crippen LogP contribution in [0.2, 0.25) is 0 Å². The maximum atomic E-state index is 13.2. The van der Waals surface area contributed by atoms with Gasteiger partial charge >= 0.3 is 6.03 Å². The molecule has 0 spiro atoms. The minimum atomic E-state index is -0.995. The lowest BCUT2D eigenvalue weighted by atomic mass is 10.3. The van der Waals surface area contributed by atoms with E-state index in [0.717, 1.165) is 25.0 Å². The predicted octanol–water partition coefficient (Wildman–Crippen LogP) is 1.49. The molecule has 0 unspecified atom stereocenters. The van der Waals surface area contributed by atoms with Gasteiger partial charge in [-0.3, -0.25) is 9.69 Å². The minimum absolute atomic E-state index is 0.00445. The molecule has 1 aromatic carbocycles. The Kier molecular flexibility index (Phi) is 3.48. The van der Waals surface area contributed by atoms with Crippen LogP contribution in [0, 0.1) is 11.6 Å².